The van der Waals surface area contributed by atoms with Gasteiger partial charge in [0.05, 0.1) is 19.0 Å². The number of quaternary nitrogens is 1. The fourth-order valence-corrected chi connectivity index (χ4v) is 1.74. The lowest BCUT2D eigenvalue weighted by atomic mass is 10.1. The van der Waals surface area contributed by atoms with Gasteiger partial charge < -0.3 is 15.6 Å². The van der Waals surface area contributed by atoms with E-state index in [1.807, 2.05) is 0 Å². The van der Waals surface area contributed by atoms with E-state index in [0.29, 0.717) is 12.1 Å². The van der Waals surface area contributed by atoms with Crippen LogP contribution in [0.25, 0.3) is 5.69 Å². The third-order valence-electron chi connectivity index (χ3n) is 2.92. The maximum atomic E-state index is 11.3. The number of carboxylic acid groups (broad SMARTS) is 1. The van der Waals surface area contributed by atoms with Crippen molar-refractivity contribution in [1.29, 1.82) is 0 Å². The molecule has 2 rings (SSSR count). The van der Waals surface area contributed by atoms with E-state index in [1.165, 1.54) is 18.0 Å². The topological polar surface area (TPSA) is 122 Å². The monoisotopic (exact) mass is 291 g/mol. The summed E-state index contributed by atoms with van der Waals surface area (Å²) in [6.07, 6.45) is 1.81. The Balaban J connectivity index is 2.13. The highest BCUT2D eigenvalue weighted by molar-refractivity contribution is 5.86. The zero-order chi connectivity index (χ0) is 15.4. The van der Waals surface area contributed by atoms with E-state index in [0.717, 1.165) is 5.56 Å². The number of hydrogen-bond acceptors (Lipinski definition) is 5. The molecule has 0 saturated heterocycles. The summed E-state index contributed by atoms with van der Waals surface area (Å²) >= 11 is 0. The van der Waals surface area contributed by atoms with Crippen molar-refractivity contribution in [3.05, 3.63) is 41.7 Å². The molecule has 0 aliphatic rings. The number of carbonyl (C=O) groups excluding carboxylic acids is 1. The smallest absolute Gasteiger partial charge is 0.362 e. The Morgan fingerprint density at radius 1 is 1.38 bits per heavy atom. The lowest BCUT2D eigenvalue weighted by Crippen LogP contribution is -2.65. The van der Waals surface area contributed by atoms with E-state index in [1.54, 1.807) is 24.3 Å². The van der Waals surface area contributed by atoms with Crippen LogP contribution in [0.2, 0.25) is 0 Å². The fraction of sp³-hybridized carbons (Fsp3) is 0.231. The van der Waals surface area contributed by atoms with Crippen molar-refractivity contribution in [2.45, 2.75) is 12.5 Å². The van der Waals surface area contributed by atoms with Crippen LogP contribution in [-0.4, -0.2) is 45.2 Å². The Bertz CT molecular complexity index is 650. The second-order valence-electron chi connectivity index (χ2n) is 4.45. The number of aliphatic carboxylic acids is 1. The molecular formula is C13H15N4O4+. The van der Waals surface area contributed by atoms with Crippen molar-refractivity contribution < 1.29 is 25.2 Å². The first-order chi connectivity index (χ1) is 10.0. The molecule has 0 aliphatic heterocycles. The first-order valence-electron chi connectivity index (χ1n) is 6.17. The Labute approximate surface area is 120 Å². The molecule has 8 heteroatoms. The maximum Gasteiger partial charge on any atom is 0.362 e. The van der Waals surface area contributed by atoms with Crippen molar-refractivity contribution in [2.24, 2.45) is 0 Å². The quantitative estimate of drug-likeness (QED) is 0.702. The number of aromatic nitrogens is 3. The number of carbonyl (C=O) groups is 2. The molecule has 0 bridgehead atoms. The summed E-state index contributed by atoms with van der Waals surface area (Å²) in [5.74, 6) is -1.49. The molecule has 8 nitrogen and oxygen atoms in total. The highest BCUT2D eigenvalue weighted by Gasteiger charge is 2.16. The van der Waals surface area contributed by atoms with Crippen LogP contribution >= 0.6 is 0 Å². The third-order valence-corrected chi connectivity index (χ3v) is 2.92. The number of methoxy groups -OCH3 is 1. The molecule has 0 amide bonds. The van der Waals surface area contributed by atoms with E-state index < -0.39 is 18.0 Å². The zero-order valence-electron chi connectivity index (χ0n) is 11.4. The Morgan fingerprint density at radius 2 is 2.05 bits per heavy atom. The molecule has 0 radical (unpaired) electrons. The Kier molecular flexibility index (Phi) is 4.29. The lowest BCUT2D eigenvalue weighted by Gasteiger charge is -2.05. The minimum absolute atomic E-state index is 0.116. The van der Waals surface area contributed by atoms with Crippen LogP contribution in [0, 0.1) is 0 Å². The predicted molar refractivity (Wildman–Crippen MR) is 70.7 cm³/mol. The number of carboxylic acids is 1. The van der Waals surface area contributed by atoms with Crippen molar-refractivity contribution in [3.8, 4) is 5.69 Å². The summed E-state index contributed by atoms with van der Waals surface area (Å²) in [6.45, 7) is 0. The third kappa shape index (κ3) is 3.42. The highest BCUT2D eigenvalue weighted by atomic mass is 16.5. The van der Waals surface area contributed by atoms with Gasteiger partial charge in [0.1, 0.15) is 0 Å². The van der Waals surface area contributed by atoms with Crippen LogP contribution < -0.4 is 5.73 Å². The average Bonchev–Trinajstić information content (AvgIpc) is 2.97. The SMILES string of the molecule is COC(=O)c1cn(-c2ccc(C[C@H]([NH3+])C(=O)O)cc2)nn1. The van der Waals surface area contributed by atoms with Gasteiger partial charge in [0.25, 0.3) is 0 Å². The predicted octanol–water partition coefficient (Wildman–Crippen LogP) is -0.708. The van der Waals surface area contributed by atoms with Crippen molar-refractivity contribution in [1.82, 2.24) is 15.0 Å². The molecule has 2 aromatic rings. The van der Waals surface area contributed by atoms with Gasteiger partial charge in [-0.25, -0.2) is 14.3 Å². The summed E-state index contributed by atoms with van der Waals surface area (Å²) in [6, 6.07) is 6.42. The molecule has 21 heavy (non-hydrogen) atoms. The molecule has 1 heterocycles. The van der Waals surface area contributed by atoms with Crippen LogP contribution in [0.3, 0.4) is 0 Å². The summed E-state index contributed by atoms with van der Waals surface area (Å²) < 4.78 is 5.99. The number of esters is 1. The molecule has 0 saturated carbocycles. The van der Waals surface area contributed by atoms with Crippen LogP contribution in [0.5, 0.6) is 0 Å². The van der Waals surface area contributed by atoms with Gasteiger partial charge >= 0.3 is 11.9 Å². The average molecular weight is 291 g/mol. The number of benzene rings is 1. The summed E-state index contributed by atoms with van der Waals surface area (Å²) in [5.41, 5.74) is 5.24. The number of ether oxygens (including phenoxy) is 1. The first kappa shape index (κ1) is 14.7. The van der Waals surface area contributed by atoms with Gasteiger partial charge in [0.2, 0.25) is 0 Å². The Hall–Kier alpha value is -2.74. The molecule has 0 unspecified atom stereocenters. The van der Waals surface area contributed by atoms with E-state index in [4.69, 9.17) is 5.11 Å². The van der Waals surface area contributed by atoms with E-state index in [-0.39, 0.29) is 5.69 Å². The lowest BCUT2D eigenvalue weighted by molar-refractivity contribution is -0.407. The second kappa shape index (κ2) is 6.14. The summed E-state index contributed by atoms with van der Waals surface area (Å²) in [7, 11) is 1.27. The molecule has 1 atom stereocenters. The second-order valence-corrected chi connectivity index (χ2v) is 4.45. The standard InChI is InChI=1S/C13H14N4O4/c1-21-13(20)11-7-17(16-15-11)9-4-2-8(3-5-9)6-10(14)12(18)19/h2-5,7,10H,6,14H2,1H3,(H,18,19)/p+1/t10-/m0/s1. The van der Waals surface area contributed by atoms with Gasteiger partial charge in [-0.15, -0.1) is 5.10 Å². The van der Waals surface area contributed by atoms with Gasteiger partial charge in [0.15, 0.2) is 11.7 Å². The minimum Gasteiger partial charge on any atom is -0.477 e. The van der Waals surface area contributed by atoms with Crippen molar-refractivity contribution in [2.75, 3.05) is 7.11 Å². The summed E-state index contributed by atoms with van der Waals surface area (Å²) in [5, 5.41) is 16.4. The molecule has 0 aliphatic carbocycles. The highest BCUT2D eigenvalue weighted by Crippen LogP contribution is 2.10. The van der Waals surface area contributed by atoms with Crippen LogP contribution in [0.4, 0.5) is 0 Å². The van der Waals surface area contributed by atoms with E-state index in [9.17, 15) is 9.59 Å². The van der Waals surface area contributed by atoms with Gasteiger partial charge in [-0.2, -0.15) is 0 Å². The van der Waals surface area contributed by atoms with Crippen LogP contribution in [0.1, 0.15) is 16.1 Å². The zero-order valence-corrected chi connectivity index (χ0v) is 11.4. The van der Waals surface area contributed by atoms with Gasteiger partial charge in [0, 0.05) is 6.42 Å². The molecule has 1 aromatic heterocycles. The fourth-order valence-electron chi connectivity index (χ4n) is 1.74. The van der Waals surface area contributed by atoms with Gasteiger partial charge in [-0.3, -0.25) is 0 Å². The van der Waals surface area contributed by atoms with Crippen LogP contribution in [0.15, 0.2) is 30.5 Å². The number of rotatable bonds is 5. The number of hydrogen-bond donors (Lipinski definition) is 2. The van der Waals surface area contributed by atoms with E-state index in [2.05, 4.69) is 20.8 Å². The van der Waals surface area contributed by atoms with E-state index >= 15 is 0 Å². The Morgan fingerprint density at radius 3 is 2.62 bits per heavy atom. The number of nitrogens with zero attached hydrogens (tertiary/aromatic N) is 3. The molecule has 0 spiro atoms. The first-order valence-corrected chi connectivity index (χ1v) is 6.17. The van der Waals surface area contributed by atoms with Gasteiger partial charge in [-0.1, -0.05) is 17.3 Å². The largest absolute Gasteiger partial charge is 0.477 e. The summed E-state index contributed by atoms with van der Waals surface area (Å²) in [4.78, 5) is 22.1. The molecule has 0 fully saturated rings. The molecular weight excluding hydrogens is 276 g/mol. The molecule has 110 valence electrons. The van der Waals surface area contributed by atoms with Crippen LogP contribution in [-0.2, 0) is 16.0 Å². The minimum atomic E-state index is -0.932. The normalized spacial score (nSPS) is 11.9. The molecule has 1 aromatic carbocycles. The van der Waals surface area contributed by atoms with Crippen molar-refractivity contribution in [3.63, 3.8) is 0 Å². The molecule has 4 N–H and O–H groups in total. The van der Waals surface area contributed by atoms with Crippen molar-refractivity contribution >= 4 is 11.9 Å². The van der Waals surface area contributed by atoms with Gasteiger partial charge in [-0.05, 0) is 17.7 Å². The maximum absolute atomic E-state index is 11.3.